The number of aromatic nitrogens is 2. The second kappa shape index (κ2) is 6.39. The zero-order valence-electron chi connectivity index (χ0n) is 14.2. The Kier molecular flexibility index (Phi) is 4.45. The first-order chi connectivity index (χ1) is 11.4. The third kappa shape index (κ3) is 2.73. The second-order valence-corrected chi connectivity index (χ2v) is 7.04. The lowest BCUT2D eigenvalue weighted by atomic mass is 10.0. The number of nitrogens with zero attached hydrogens (tertiary/aromatic N) is 2. The summed E-state index contributed by atoms with van der Waals surface area (Å²) in [4.78, 5) is 33.2. The van der Waals surface area contributed by atoms with Gasteiger partial charge in [-0.25, -0.2) is 9.78 Å². The van der Waals surface area contributed by atoms with Crippen molar-refractivity contribution in [3.05, 3.63) is 27.2 Å². The molecule has 24 heavy (non-hydrogen) atoms. The summed E-state index contributed by atoms with van der Waals surface area (Å²) in [5.74, 6) is 0.0676. The molecule has 2 aromatic rings. The fraction of sp³-hybridized carbons (Fsp3) is 0.471. The lowest BCUT2D eigenvalue weighted by molar-refractivity contribution is 0.101. The molecule has 2 amide bonds. The predicted molar refractivity (Wildman–Crippen MR) is 94.3 cm³/mol. The fourth-order valence-electron chi connectivity index (χ4n) is 3.57. The Bertz CT molecular complexity index is 793. The molecule has 0 aliphatic carbocycles. The summed E-state index contributed by atoms with van der Waals surface area (Å²) in [6.07, 6.45) is 2.59. The van der Waals surface area contributed by atoms with Crippen molar-refractivity contribution in [2.75, 3.05) is 6.54 Å². The van der Waals surface area contributed by atoms with Crippen LogP contribution in [0.1, 0.15) is 59.4 Å². The number of ketones is 1. The van der Waals surface area contributed by atoms with Gasteiger partial charge in [-0.3, -0.25) is 4.79 Å². The first-order valence-corrected chi connectivity index (χ1v) is 9.06. The van der Waals surface area contributed by atoms with Gasteiger partial charge in [-0.15, -0.1) is 11.3 Å². The highest BCUT2D eigenvalue weighted by atomic mass is 32.1. The van der Waals surface area contributed by atoms with Gasteiger partial charge in [0.15, 0.2) is 5.78 Å². The van der Waals surface area contributed by atoms with E-state index in [9.17, 15) is 9.59 Å². The number of carbonyl (C=O) groups is 2. The summed E-state index contributed by atoms with van der Waals surface area (Å²) >= 11 is 1.54. The summed E-state index contributed by atoms with van der Waals surface area (Å²) in [7, 11) is 0. The average Bonchev–Trinajstić information content (AvgIpc) is 3.23. The third-order valence-corrected chi connectivity index (χ3v) is 5.54. The van der Waals surface area contributed by atoms with Crippen molar-refractivity contribution in [2.45, 2.75) is 46.1 Å². The van der Waals surface area contributed by atoms with Gasteiger partial charge in [0, 0.05) is 23.2 Å². The number of rotatable bonds is 4. The van der Waals surface area contributed by atoms with E-state index in [-0.39, 0.29) is 11.8 Å². The molecule has 0 aromatic carbocycles. The highest BCUT2D eigenvalue weighted by Gasteiger charge is 2.31. The number of amides is 2. The Morgan fingerprint density at radius 2 is 2.25 bits per heavy atom. The van der Waals surface area contributed by atoms with Gasteiger partial charge in [0.2, 0.25) is 0 Å². The van der Waals surface area contributed by atoms with Crippen LogP contribution in [0.2, 0.25) is 0 Å². The molecule has 1 aliphatic rings. The Morgan fingerprint density at radius 3 is 2.88 bits per heavy atom. The van der Waals surface area contributed by atoms with Gasteiger partial charge in [0.1, 0.15) is 5.01 Å². The van der Waals surface area contributed by atoms with Crippen LogP contribution in [0.25, 0.3) is 11.4 Å². The molecule has 0 bridgehead atoms. The lowest BCUT2D eigenvalue weighted by Gasteiger charge is -2.20. The van der Waals surface area contributed by atoms with Crippen LogP contribution in [0.4, 0.5) is 4.79 Å². The monoisotopic (exact) mass is 346 g/mol. The number of thiazole rings is 1. The second-order valence-electron chi connectivity index (χ2n) is 6.15. The Labute approximate surface area is 145 Å². The van der Waals surface area contributed by atoms with Crippen LogP contribution < -0.4 is 5.73 Å². The van der Waals surface area contributed by atoms with Crippen LogP contribution >= 0.6 is 11.3 Å². The van der Waals surface area contributed by atoms with E-state index < -0.39 is 6.03 Å². The Balaban J connectivity index is 1.98. The first-order valence-electron chi connectivity index (χ1n) is 8.18. The maximum atomic E-state index is 11.9. The smallest absolute Gasteiger partial charge is 0.315 e. The van der Waals surface area contributed by atoms with E-state index >= 15 is 0 Å². The van der Waals surface area contributed by atoms with Gasteiger partial charge >= 0.3 is 6.03 Å². The van der Waals surface area contributed by atoms with Gasteiger partial charge in [-0.2, -0.15) is 0 Å². The number of aryl methyl sites for hydroxylation is 1. The minimum Gasteiger partial charge on any atom is -0.356 e. The molecule has 1 fully saturated rings. The highest BCUT2D eigenvalue weighted by molar-refractivity contribution is 7.10. The van der Waals surface area contributed by atoms with E-state index in [1.807, 2.05) is 19.2 Å². The van der Waals surface area contributed by atoms with Crippen molar-refractivity contribution in [1.29, 1.82) is 0 Å². The SMILES string of the molecule is CCc1c(-c2csc(C3CCCN3C(N)=O)n2)[nH]c(C)c1C(C)=O. The number of aromatic amines is 1. The summed E-state index contributed by atoms with van der Waals surface area (Å²) in [5, 5.41) is 2.89. The summed E-state index contributed by atoms with van der Waals surface area (Å²) < 4.78 is 0. The number of carbonyl (C=O) groups excluding carboxylic acids is 2. The van der Waals surface area contributed by atoms with Gasteiger partial charge < -0.3 is 15.6 Å². The van der Waals surface area contributed by atoms with Crippen molar-refractivity contribution < 1.29 is 9.59 Å². The standard InChI is InChI=1S/C17H22N4O2S/c1-4-11-14(10(3)22)9(2)19-15(11)12-8-24-16(20-12)13-6-5-7-21(13)17(18)23/h8,13,19H,4-7H2,1-3H3,(H2,18,23). The van der Waals surface area contributed by atoms with Crippen molar-refractivity contribution >= 4 is 23.2 Å². The summed E-state index contributed by atoms with van der Waals surface area (Å²) in [5.41, 5.74) is 9.86. The van der Waals surface area contributed by atoms with Crippen LogP contribution in [-0.2, 0) is 6.42 Å². The number of nitrogens with two attached hydrogens (primary N) is 1. The summed E-state index contributed by atoms with van der Waals surface area (Å²) in [6, 6.07) is -0.423. The molecular formula is C17H22N4O2S. The maximum absolute atomic E-state index is 11.9. The van der Waals surface area contributed by atoms with E-state index in [0.29, 0.717) is 6.54 Å². The van der Waals surface area contributed by atoms with E-state index in [0.717, 1.165) is 52.5 Å². The maximum Gasteiger partial charge on any atom is 0.315 e. The quantitative estimate of drug-likeness (QED) is 0.831. The molecule has 1 aliphatic heterocycles. The molecule has 6 nitrogen and oxygen atoms in total. The van der Waals surface area contributed by atoms with Crippen molar-refractivity contribution in [3.63, 3.8) is 0 Å². The molecule has 0 radical (unpaired) electrons. The van der Waals surface area contributed by atoms with E-state index in [1.54, 1.807) is 23.2 Å². The summed E-state index contributed by atoms with van der Waals surface area (Å²) in [6.45, 7) is 6.23. The largest absolute Gasteiger partial charge is 0.356 e. The van der Waals surface area contributed by atoms with Gasteiger partial charge in [-0.05, 0) is 38.7 Å². The number of hydrogen-bond donors (Lipinski definition) is 2. The third-order valence-electron chi connectivity index (χ3n) is 4.60. The van der Waals surface area contributed by atoms with Crippen molar-refractivity contribution in [3.8, 4) is 11.4 Å². The average molecular weight is 346 g/mol. The number of primary amides is 1. The van der Waals surface area contributed by atoms with Crippen LogP contribution in [0.5, 0.6) is 0 Å². The molecular weight excluding hydrogens is 324 g/mol. The normalized spacial score (nSPS) is 17.5. The topological polar surface area (TPSA) is 92.1 Å². The lowest BCUT2D eigenvalue weighted by Crippen LogP contribution is -2.35. The highest BCUT2D eigenvalue weighted by Crippen LogP contribution is 2.36. The molecule has 0 saturated carbocycles. The van der Waals surface area contributed by atoms with Crippen LogP contribution in [-0.4, -0.2) is 33.2 Å². The van der Waals surface area contributed by atoms with Crippen LogP contribution in [0.15, 0.2) is 5.38 Å². The molecule has 1 saturated heterocycles. The zero-order valence-corrected chi connectivity index (χ0v) is 15.0. The molecule has 0 spiro atoms. The van der Waals surface area contributed by atoms with Crippen LogP contribution in [0, 0.1) is 6.92 Å². The molecule has 7 heteroatoms. The predicted octanol–water partition coefficient (Wildman–Crippen LogP) is 3.43. The van der Waals surface area contributed by atoms with Crippen LogP contribution in [0.3, 0.4) is 0 Å². The molecule has 2 aromatic heterocycles. The Morgan fingerprint density at radius 1 is 1.50 bits per heavy atom. The number of H-pyrrole nitrogens is 1. The zero-order chi connectivity index (χ0) is 17.4. The van der Waals surface area contributed by atoms with Gasteiger partial charge in [-0.1, -0.05) is 6.92 Å². The molecule has 1 atom stereocenters. The number of hydrogen-bond acceptors (Lipinski definition) is 4. The van der Waals surface area contributed by atoms with Crippen molar-refractivity contribution in [1.82, 2.24) is 14.9 Å². The number of nitrogens with one attached hydrogen (secondary N) is 1. The van der Waals surface area contributed by atoms with Gasteiger partial charge in [0.25, 0.3) is 0 Å². The molecule has 3 rings (SSSR count). The minimum atomic E-state index is -0.391. The number of Topliss-reactive ketones (excluding diaryl/α,β-unsaturated/α-hetero) is 1. The number of urea groups is 1. The fourth-order valence-corrected chi connectivity index (χ4v) is 4.52. The van der Waals surface area contributed by atoms with E-state index in [4.69, 9.17) is 10.7 Å². The number of likely N-dealkylation sites (tertiary alicyclic amines) is 1. The first kappa shape index (κ1) is 16.7. The van der Waals surface area contributed by atoms with E-state index in [2.05, 4.69) is 4.98 Å². The molecule has 1 unspecified atom stereocenters. The Hall–Kier alpha value is -2.15. The van der Waals surface area contributed by atoms with Crippen molar-refractivity contribution in [2.24, 2.45) is 5.73 Å². The van der Waals surface area contributed by atoms with E-state index in [1.165, 1.54) is 0 Å². The minimum absolute atomic E-state index is 0.0327. The molecule has 3 N–H and O–H groups in total. The van der Waals surface area contributed by atoms with Gasteiger partial charge in [0.05, 0.1) is 17.4 Å². The molecule has 3 heterocycles. The molecule has 128 valence electrons.